The maximum atomic E-state index is 12.9. The molecule has 1 atom stereocenters. The number of nitrogens with zero attached hydrogens (tertiary/aromatic N) is 1. The molecule has 0 radical (unpaired) electrons. The topological polar surface area (TPSA) is 102 Å². The zero-order valence-electron chi connectivity index (χ0n) is 15.4. The molecule has 3 N–H and O–H groups in total. The second-order valence-corrected chi connectivity index (χ2v) is 7.41. The standard InChI is InChI=1S/C22H19N3O3S/c23-20(26)17-11-12-19(24-14-17)25-21(27)18(13-15-7-3-1-4-8-15)29-22(28)16-9-5-2-6-10-16/h1-12,14,18H,13H2,(H2,23,26)(H,24,25,27). The third kappa shape index (κ3) is 5.76. The average molecular weight is 405 g/mol. The number of hydrogen-bond donors (Lipinski definition) is 2. The largest absolute Gasteiger partial charge is 0.366 e. The van der Waals surface area contributed by atoms with Crippen molar-refractivity contribution in [2.75, 3.05) is 5.32 Å². The zero-order chi connectivity index (χ0) is 20.6. The lowest BCUT2D eigenvalue weighted by Crippen LogP contribution is -2.29. The number of primary amides is 1. The van der Waals surface area contributed by atoms with Gasteiger partial charge in [0.1, 0.15) is 5.82 Å². The molecule has 6 nitrogen and oxygen atoms in total. The highest BCUT2D eigenvalue weighted by atomic mass is 32.2. The van der Waals surface area contributed by atoms with Gasteiger partial charge in [0.25, 0.3) is 0 Å². The molecule has 0 spiro atoms. The number of hydrogen-bond acceptors (Lipinski definition) is 5. The number of benzene rings is 2. The van der Waals surface area contributed by atoms with Crippen LogP contribution in [0.5, 0.6) is 0 Å². The van der Waals surface area contributed by atoms with Crippen LogP contribution in [0.4, 0.5) is 5.82 Å². The molecule has 1 aromatic heterocycles. The quantitative estimate of drug-likeness (QED) is 0.628. The van der Waals surface area contributed by atoms with Crippen LogP contribution >= 0.6 is 11.8 Å². The summed E-state index contributed by atoms with van der Waals surface area (Å²) in [5.74, 6) is -0.658. The van der Waals surface area contributed by atoms with Crippen LogP contribution in [-0.2, 0) is 11.2 Å². The van der Waals surface area contributed by atoms with E-state index in [2.05, 4.69) is 10.3 Å². The van der Waals surface area contributed by atoms with Gasteiger partial charge in [-0.2, -0.15) is 0 Å². The van der Waals surface area contributed by atoms with Crippen molar-refractivity contribution in [1.82, 2.24) is 4.98 Å². The molecule has 7 heteroatoms. The Morgan fingerprint density at radius 1 is 0.897 bits per heavy atom. The van der Waals surface area contributed by atoms with Crippen LogP contribution in [0.3, 0.4) is 0 Å². The number of carbonyl (C=O) groups excluding carboxylic acids is 3. The molecule has 0 aliphatic rings. The number of amides is 2. The van der Waals surface area contributed by atoms with Crippen LogP contribution in [0.2, 0.25) is 0 Å². The van der Waals surface area contributed by atoms with Gasteiger partial charge in [0.05, 0.1) is 10.8 Å². The molecule has 3 aromatic rings. The van der Waals surface area contributed by atoms with Crippen LogP contribution in [0.15, 0.2) is 79.0 Å². The summed E-state index contributed by atoms with van der Waals surface area (Å²) in [6.45, 7) is 0. The minimum Gasteiger partial charge on any atom is -0.366 e. The second-order valence-electron chi connectivity index (χ2n) is 6.24. The molecule has 0 aliphatic heterocycles. The fourth-order valence-corrected chi connectivity index (χ4v) is 3.58. The molecule has 2 amide bonds. The summed E-state index contributed by atoms with van der Waals surface area (Å²) in [6, 6.07) is 21.3. The molecule has 0 aliphatic carbocycles. The van der Waals surface area contributed by atoms with Gasteiger partial charge in [-0.3, -0.25) is 14.4 Å². The number of nitrogens with two attached hydrogens (primary N) is 1. The SMILES string of the molecule is NC(=O)c1ccc(NC(=O)C(Cc2ccccc2)SC(=O)c2ccccc2)nc1. The maximum absolute atomic E-state index is 12.9. The van der Waals surface area contributed by atoms with E-state index in [4.69, 9.17) is 5.73 Å². The summed E-state index contributed by atoms with van der Waals surface area (Å²) < 4.78 is 0. The van der Waals surface area contributed by atoms with Gasteiger partial charge in [-0.1, -0.05) is 72.4 Å². The normalized spacial score (nSPS) is 11.4. The number of aromatic nitrogens is 1. The monoisotopic (exact) mass is 405 g/mol. The van der Waals surface area contributed by atoms with E-state index >= 15 is 0 Å². The molecule has 2 aromatic carbocycles. The Balaban J connectivity index is 1.76. The first kappa shape index (κ1) is 20.3. The zero-order valence-corrected chi connectivity index (χ0v) is 16.3. The van der Waals surface area contributed by atoms with Crippen LogP contribution in [-0.4, -0.2) is 27.2 Å². The van der Waals surface area contributed by atoms with Crippen molar-refractivity contribution in [3.63, 3.8) is 0 Å². The van der Waals surface area contributed by atoms with Crippen molar-refractivity contribution in [2.45, 2.75) is 11.7 Å². The number of carbonyl (C=O) groups is 3. The van der Waals surface area contributed by atoms with Crippen LogP contribution in [0.1, 0.15) is 26.3 Å². The van der Waals surface area contributed by atoms with Gasteiger partial charge in [0.15, 0.2) is 0 Å². The smallest absolute Gasteiger partial charge is 0.250 e. The number of anilines is 1. The second kappa shape index (κ2) is 9.66. The summed E-state index contributed by atoms with van der Waals surface area (Å²) in [6.07, 6.45) is 1.68. The van der Waals surface area contributed by atoms with Gasteiger partial charge >= 0.3 is 0 Å². The van der Waals surface area contributed by atoms with Crippen molar-refractivity contribution < 1.29 is 14.4 Å². The van der Waals surface area contributed by atoms with Gasteiger partial charge < -0.3 is 11.1 Å². The Kier molecular flexibility index (Phi) is 6.76. The van der Waals surface area contributed by atoms with E-state index in [9.17, 15) is 14.4 Å². The first-order valence-corrected chi connectivity index (χ1v) is 9.77. The number of thioether (sulfide) groups is 1. The average Bonchev–Trinajstić information content (AvgIpc) is 2.75. The highest BCUT2D eigenvalue weighted by Crippen LogP contribution is 2.23. The molecule has 0 bridgehead atoms. The summed E-state index contributed by atoms with van der Waals surface area (Å²) in [5.41, 5.74) is 6.93. The molecular weight excluding hydrogens is 386 g/mol. The lowest BCUT2D eigenvalue weighted by atomic mass is 10.1. The maximum Gasteiger partial charge on any atom is 0.250 e. The molecule has 1 heterocycles. The van der Waals surface area contributed by atoms with Gasteiger partial charge in [-0.05, 0) is 24.1 Å². The molecule has 29 heavy (non-hydrogen) atoms. The van der Waals surface area contributed by atoms with Crippen molar-refractivity contribution in [3.8, 4) is 0 Å². The van der Waals surface area contributed by atoms with E-state index in [1.165, 1.54) is 18.3 Å². The Morgan fingerprint density at radius 2 is 1.55 bits per heavy atom. The molecule has 0 saturated heterocycles. The summed E-state index contributed by atoms with van der Waals surface area (Å²) in [4.78, 5) is 40.7. The van der Waals surface area contributed by atoms with E-state index in [1.807, 2.05) is 36.4 Å². The lowest BCUT2D eigenvalue weighted by molar-refractivity contribution is -0.115. The minimum atomic E-state index is -0.650. The molecule has 146 valence electrons. The summed E-state index contributed by atoms with van der Waals surface area (Å²) in [5, 5.41) is 1.88. The van der Waals surface area contributed by atoms with E-state index in [1.54, 1.807) is 24.3 Å². The Bertz CT molecular complexity index is 993. The first-order valence-electron chi connectivity index (χ1n) is 8.89. The summed E-state index contributed by atoms with van der Waals surface area (Å²) >= 11 is 0.975. The molecule has 3 rings (SSSR count). The van der Waals surface area contributed by atoms with Crippen molar-refractivity contribution in [3.05, 3.63) is 95.7 Å². The molecule has 0 saturated carbocycles. The van der Waals surface area contributed by atoms with Crippen LogP contribution in [0, 0.1) is 0 Å². The van der Waals surface area contributed by atoms with Gasteiger partial charge in [-0.25, -0.2) is 4.98 Å². The van der Waals surface area contributed by atoms with E-state index < -0.39 is 11.2 Å². The molecular formula is C22H19N3O3S. The van der Waals surface area contributed by atoms with Gasteiger partial charge in [0, 0.05) is 11.8 Å². The fraction of sp³-hybridized carbons (Fsp3) is 0.0909. The van der Waals surface area contributed by atoms with Crippen LogP contribution < -0.4 is 11.1 Å². The van der Waals surface area contributed by atoms with Crippen molar-refractivity contribution >= 4 is 34.5 Å². The predicted octanol–water partition coefficient (Wildman–Crippen LogP) is 3.30. The van der Waals surface area contributed by atoms with E-state index in [0.29, 0.717) is 12.0 Å². The van der Waals surface area contributed by atoms with Crippen LogP contribution in [0.25, 0.3) is 0 Å². The van der Waals surface area contributed by atoms with Gasteiger partial charge in [0.2, 0.25) is 16.9 Å². The third-order valence-corrected chi connectivity index (χ3v) is 5.23. The van der Waals surface area contributed by atoms with E-state index in [-0.39, 0.29) is 22.4 Å². The molecule has 0 fully saturated rings. The fourth-order valence-electron chi connectivity index (χ4n) is 2.61. The third-order valence-electron chi connectivity index (χ3n) is 4.11. The highest BCUT2D eigenvalue weighted by molar-refractivity contribution is 8.15. The van der Waals surface area contributed by atoms with E-state index in [0.717, 1.165) is 17.3 Å². The number of nitrogens with one attached hydrogen (secondary N) is 1. The highest BCUT2D eigenvalue weighted by Gasteiger charge is 2.24. The van der Waals surface area contributed by atoms with Crippen molar-refractivity contribution in [1.29, 1.82) is 0 Å². The summed E-state index contributed by atoms with van der Waals surface area (Å²) in [7, 11) is 0. The number of rotatable bonds is 7. The Labute approximate surface area is 172 Å². The lowest BCUT2D eigenvalue weighted by Gasteiger charge is -2.16. The Morgan fingerprint density at radius 3 is 2.14 bits per heavy atom. The number of pyridine rings is 1. The van der Waals surface area contributed by atoms with Crippen molar-refractivity contribution in [2.24, 2.45) is 5.73 Å². The minimum absolute atomic E-state index is 0.182. The molecule has 1 unspecified atom stereocenters. The van der Waals surface area contributed by atoms with Gasteiger partial charge in [-0.15, -0.1) is 0 Å². The first-order chi connectivity index (χ1) is 14.0. The predicted molar refractivity (Wildman–Crippen MR) is 114 cm³/mol. The Hall–Kier alpha value is -3.45.